The molecule has 2 radical (unpaired) electrons. The normalized spacial score (nSPS) is 20.1. The highest BCUT2D eigenvalue weighted by Crippen LogP contribution is 2.48. The molecule has 2 atom stereocenters. The molecule has 168 valence electrons. The molecule has 12 nitrogen and oxygen atoms in total. The zero-order chi connectivity index (χ0) is 23.5. The van der Waals surface area contributed by atoms with Crippen LogP contribution in [0.25, 0.3) is 0 Å². The Kier molecular flexibility index (Phi) is 7.48. The third-order valence-electron chi connectivity index (χ3n) is 4.94. The summed E-state index contributed by atoms with van der Waals surface area (Å²) in [5.74, 6) is 0.111. The van der Waals surface area contributed by atoms with Gasteiger partial charge in [-0.2, -0.15) is 13.5 Å². The van der Waals surface area contributed by atoms with Crippen molar-refractivity contribution in [2.24, 2.45) is 4.90 Å². The summed E-state index contributed by atoms with van der Waals surface area (Å²) < 4.78 is 35.9. The van der Waals surface area contributed by atoms with Gasteiger partial charge in [0.05, 0.1) is 12.4 Å². The maximum Gasteiger partial charge on any atom is 0.418 e. The lowest BCUT2D eigenvalue weighted by Gasteiger charge is -2.30. The Morgan fingerprint density at radius 1 is 1.44 bits per heavy atom. The predicted octanol–water partition coefficient (Wildman–Crippen LogP) is -0.165. The summed E-state index contributed by atoms with van der Waals surface area (Å²) in [6.45, 7) is 1.39. The number of rotatable bonds is 11. The van der Waals surface area contributed by atoms with Gasteiger partial charge in [-0.05, 0) is 30.7 Å². The van der Waals surface area contributed by atoms with Crippen molar-refractivity contribution in [2.45, 2.75) is 38.3 Å². The van der Waals surface area contributed by atoms with Crippen molar-refractivity contribution in [2.75, 3.05) is 6.54 Å². The van der Waals surface area contributed by atoms with Crippen molar-refractivity contribution in [1.82, 2.24) is 15.2 Å². The van der Waals surface area contributed by atoms with E-state index < -0.39 is 28.5 Å². The van der Waals surface area contributed by atoms with Crippen LogP contribution in [0.3, 0.4) is 0 Å². The summed E-state index contributed by atoms with van der Waals surface area (Å²) in [5.41, 5.74) is 1.43. The van der Waals surface area contributed by atoms with Crippen molar-refractivity contribution in [3.63, 3.8) is 0 Å². The first-order valence-electron chi connectivity index (χ1n) is 9.42. The number of Topliss-reactive ketones (excluding diaryl/α,β-unsaturated/α-hetero) is 1. The van der Waals surface area contributed by atoms with E-state index >= 15 is 0 Å². The van der Waals surface area contributed by atoms with Crippen LogP contribution in [0.5, 0.6) is 0 Å². The molecule has 2 N–H and O–H groups in total. The van der Waals surface area contributed by atoms with Crippen LogP contribution in [0.2, 0.25) is 0 Å². The molecule has 0 aromatic carbocycles. The standard InChI is InChI=1S/C16H18B2N4O8S2/c1-9(25)14-13-10(3-2-4-12(19-17-7-23)20-18-8-24)6-31-15(13)11-5-21(14)16(26)22(11)30-32(27,28)29/h6-8,11,14H,2-5H2,1H3,(H,19,20)(H,27,28,29)/t11?,14-/m1/s1. The molecule has 0 aliphatic carbocycles. The summed E-state index contributed by atoms with van der Waals surface area (Å²) >= 11 is 1.27. The van der Waals surface area contributed by atoms with E-state index in [2.05, 4.69) is 14.4 Å². The molecule has 2 bridgehead atoms. The number of hydroxylamine groups is 2. The fraction of sp³-hybridized carbons (Fsp3) is 0.438. The molecular formula is C16H18B2N4O8S2. The third kappa shape index (κ3) is 5.09. The number of amidine groups is 1. The van der Waals surface area contributed by atoms with E-state index in [1.807, 2.05) is 5.38 Å². The van der Waals surface area contributed by atoms with E-state index in [0.29, 0.717) is 53.0 Å². The molecule has 0 saturated carbocycles. The Bertz CT molecular complexity index is 1060. The number of carbonyl (C=O) groups excluding carboxylic acids is 4. The number of aryl methyl sites for hydroxylation is 1. The summed E-state index contributed by atoms with van der Waals surface area (Å²) in [6, 6.07) is -2.51. The fourth-order valence-corrected chi connectivity index (χ4v) is 5.40. The van der Waals surface area contributed by atoms with Gasteiger partial charge < -0.3 is 24.6 Å². The summed E-state index contributed by atoms with van der Waals surface area (Å²) in [7, 11) is -2.73. The van der Waals surface area contributed by atoms with Crippen molar-refractivity contribution < 1.29 is 36.4 Å². The number of amides is 2. The highest BCUT2D eigenvalue weighted by Gasteiger charge is 2.52. The summed E-state index contributed by atoms with van der Waals surface area (Å²) in [4.78, 5) is 51.9. The first-order chi connectivity index (χ1) is 15.2. The van der Waals surface area contributed by atoms with E-state index in [0.717, 1.165) is 20.4 Å². The summed E-state index contributed by atoms with van der Waals surface area (Å²) in [6.07, 6.45) is 2.49. The van der Waals surface area contributed by atoms with E-state index in [4.69, 9.17) is 4.55 Å². The van der Waals surface area contributed by atoms with Crippen LogP contribution in [0.15, 0.2) is 10.3 Å². The Labute approximate surface area is 189 Å². The highest BCUT2D eigenvalue weighted by atomic mass is 32.3. The lowest BCUT2D eigenvalue weighted by atomic mass is 9.90. The number of thiophene rings is 1. The number of hydrogen-bond donors (Lipinski definition) is 2. The van der Waals surface area contributed by atoms with Crippen LogP contribution in [0.4, 0.5) is 4.79 Å². The molecule has 2 amide bonds. The minimum absolute atomic E-state index is 0.0509. The van der Waals surface area contributed by atoms with Crippen molar-refractivity contribution in [1.29, 1.82) is 0 Å². The van der Waals surface area contributed by atoms with Crippen LogP contribution in [-0.4, -0.2) is 74.3 Å². The van der Waals surface area contributed by atoms with Crippen molar-refractivity contribution in [3.8, 4) is 0 Å². The molecule has 1 unspecified atom stereocenters. The van der Waals surface area contributed by atoms with Gasteiger partial charge in [0.2, 0.25) is 0 Å². The molecule has 1 fully saturated rings. The average molecular weight is 480 g/mol. The lowest BCUT2D eigenvalue weighted by Crippen LogP contribution is -2.38. The Balaban J connectivity index is 1.83. The van der Waals surface area contributed by atoms with Gasteiger partial charge >= 0.3 is 31.3 Å². The predicted molar refractivity (Wildman–Crippen MR) is 116 cm³/mol. The van der Waals surface area contributed by atoms with Gasteiger partial charge in [0.15, 0.2) is 5.78 Å². The largest absolute Gasteiger partial charge is 0.418 e. The molecule has 32 heavy (non-hydrogen) atoms. The maximum atomic E-state index is 12.7. The quantitative estimate of drug-likeness (QED) is 0.144. The van der Waals surface area contributed by atoms with Crippen molar-refractivity contribution >= 4 is 66.6 Å². The monoisotopic (exact) mass is 480 g/mol. The number of fused-ring (bicyclic) bond motifs is 4. The Morgan fingerprint density at radius 3 is 2.81 bits per heavy atom. The highest BCUT2D eigenvalue weighted by molar-refractivity contribution is 7.80. The molecule has 2 aliphatic rings. The zero-order valence-corrected chi connectivity index (χ0v) is 18.5. The van der Waals surface area contributed by atoms with Crippen molar-refractivity contribution in [3.05, 3.63) is 21.4 Å². The molecular weight excluding hydrogens is 462 g/mol. The van der Waals surface area contributed by atoms with Gasteiger partial charge in [-0.15, -0.1) is 15.6 Å². The molecule has 3 heterocycles. The van der Waals surface area contributed by atoms with E-state index in [9.17, 15) is 27.6 Å². The molecule has 1 aromatic rings. The third-order valence-corrected chi connectivity index (χ3v) is 6.44. The van der Waals surface area contributed by atoms with Gasteiger partial charge in [0.25, 0.3) is 0 Å². The minimum Gasteiger partial charge on any atom is -0.415 e. The molecule has 1 aromatic heterocycles. The SMILES string of the molecule is CC(=O)[C@@H]1c2c(CCCC(=N[B]C=O)N[B]C=O)csc2C2CN1C(=O)N2OS(=O)(=O)O. The Hall–Kier alpha value is -2.55. The number of nitrogens with zero attached hydrogens (tertiary/aromatic N) is 3. The second-order valence-electron chi connectivity index (χ2n) is 6.99. The fourth-order valence-electron chi connectivity index (χ4n) is 3.82. The lowest BCUT2D eigenvalue weighted by molar-refractivity contribution is -0.121. The number of ketones is 1. The molecule has 2 aliphatic heterocycles. The van der Waals surface area contributed by atoms with E-state index in [-0.39, 0.29) is 12.3 Å². The van der Waals surface area contributed by atoms with Crippen LogP contribution < -0.4 is 5.23 Å². The van der Waals surface area contributed by atoms with Gasteiger partial charge in [0.1, 0.15) is 24.5 Å². The number of hydrogen-bond acceptors (Lipinski definition) is 9. The van der Waals surface area contributed by atoms with Crippen LogP contribution in [-0.2, 0) is 35.5 Å². The van der Waals surface area contributed by atoms with Crippen LogP contribution in [0, 0.1) is 0 Å². The smallest absolute Gasteiger partial charge is 0.415 e. The van der Waals surface area contributed by atoms with Gasteiger partial charge in [-0.25, -0.2) is 4.79 Å². The number of urea groups is 1. The summed E-state index contributed by atoms with van der Waals surface area (Å²) in [5, 5.41) is 5.10. The molecule has 3 rings (SSSR count). The molecule has 16 heteroatoms. The molecule has 0 spiro atoms. The van der Waals surface area contributed by atoms with Gasteiger partial charge in [-0.1, -0.05) is 0 Å². The second kappa shape index (κ2) is 9.94. The molecule has 1 saturated heterocycles. The van der Waals surface area contributed by atoms with Gasteiger partial charge in [-0.3, -0.25) is 9.35 Å². The van der Waals surface area contributed by atoms with Crippen LogP contribution in [0.1, 0.15) is 47.9 Å². The maximum absolute atomic E-state index is 12.7. The first kappa shape index (κ1) is 24.1. The Morgan fingerprint density at radius 2 is 2.19 bits per heavy atom. The number of nitrogens with one attached hydrogen (secondary N) is 1. The zero-order valence-electron chi connectivity index (χ0n) is 16.8. The first-order valence-corrected chi connectivity index (χ1v) is 11.7. The van der Waals surface area contributed by atoms with E-state index in [1.54, 1.807) is 0 Å². The minimum atomic E-state index is -4.93. The number of carbonyl (C=O) groups is 4. The second-order valence-corrected chi connectivity index (χ2v) is 8.91. The van der Waals surface area contributed by atoms with E-state index in [1.165, 1.54) is 23.2 Å². The van der Waals surface area contributed by atoms with Crippen LogP contribution >= 0.6 is 11.3 Å². The average Bonchev–Trinajstić information content (AvgIpc) is 3.25. The van der Waals surface area contributed by atoms with Gasteiger partial charge in [0, 0.05) is 16.9 Å². The topological polar surface area (TPSA) is 163 Å².